The van der Waals surface area contributed by atoms with Gasteiger partial charge in [-0.3, -0.25) is 0 Å². The summed E-state index contributed by atoms with van der Waals surface area (Å²) in [6, 6.07) is 2.08. The van der Waals surface area contributed by atoms with Crippen LogP contribution in [-0.4, -0.2) is 33.9 Å². The number of sulfonamides is 1. The van der Waals surface area contributed by atoms with Crippen molar-refractivity contribution in [2.24, 2.45) is 0 Å². The van der Waals surface area contributed by atoms with E-state index in [1.165, 1.54) is 6.92 Å². The Balaban J connectivity index is 2.38. The van der Waals surface area contributed by atoms with Crippen LogP contribution in [0.5, 0.6) is 0 Å². The lowest BCUT2D eigenvalue weighted by molar-refractivity contribution is 0.458. The Morgan fingerprint density at radius 3 is 2.52 bits per heavy atom. The Bertz CT molecular complexity index is 790. The Labute approximate surface area is 123 Å². The highest BCUT2D eigenvalue weighted by Crippen LogP contribution is 2.27. The molecule has 1 aromatic rings. The van der Waals surface area contributed by atoms with Gasteiger partial charge in [0.25, 0.3) is 0 Å². The molecule has 9 heteroatoms. The zero-order valence-electron chi connectivity index (χ0n) is 11.7. The molecule has 1 fully saturated rings. The van der Waals surface area contributed by atoms with Crippen LogP contribution in [0.2, 0.25) is 0 Å². The van der Waals surface area contributed by atoms with E-state index in [4.69, 9.17) is 5.73 Å². The lowest BCUT2D eigenvalue weighted by Crippen LogP contribution is -2.47. The molecule has 0 amide bonds. The first-order chi connectivity index (χ1) is 9.44. The maximum atomic E-state index is 13.9. The Morgan fingerprint density at radius 2 is 2.00 bits per heavy atom. The van der Waals surface area contributed by atoms with Crippen molar-refractivity contribution in [3.63, 3.8) is 0 Å². The third-order valence-electron chi connectivity index (χ3n) is 3.49. The fraction of sp³-hybridized carbons (Fsp3) is 0.500. The molecule has 21 heavy (non-hydrogen) atoms. The number of benzene rings is 1. The topological polar surface area (TPSA) is 106 Å². The van der Waals surface area contributed by atoms with E-state index in [0.717, 1.165) is 12.1 Å². The second-order valence-corrected chi connectivity index (χ2v) is 9.48. The van der Waals surface area contributed by atoms with Crippen molar-refractivity contribution in [2.75, 3.05) is 17.2 Å². The van der Waals surface area contributed by atoms with Crippen molar-refractivity contribution in [1.29, 1.82) is 0 Å². The van der Waals surface area contributed by atoms with E-state index in [1.54, 1.807) is 6.92 Å². The Kier molecular flexibility index (Phi) is 3.79. The van der Waals surface area contributed by atoms with E-state index in [-0.39, 0.29) is 23.6 Å². The van der Waals surface area contributed by atoms with Crippen molar-refractivity contribution in [1.82, 2.24) is 4.72 Å². The first-order valence-corrected chi connectivity index (χ1v) is 9.55. The Morgan fingerprint density at radius 1 is 1.38 bits per heavy atom. The molecule has 1 aliphatic rings. The summed E-state index contributed by atoms with van der Waals surface area (Å²) in [6.45, 7) is 3.05. The molecule has 0 spiro atoms. The van der Waals surface area contributed by atoms with Gasteiger partial charge in [-0.25, -0.2) is 25.9 Å². The number of rotatable bonds is 3. The van der Waals surface area contributed by atoms with Crippen molar-refractivity contribution in [2.45, 2.75) is 30.7 Å². The van der Waals surface area contributed by atoms with Gasteiger partial charge in [-0.2, -0.15) is 0 Å². The molecule has 1 unspecified atom stereocenters. The summed E-state index contributed by atoms with van der Waals surface area (Å²) >= 11 is 0. The number of sulfone groups is 1. The van der Waals surface area contributed by atoms with Crippen LogP contribution >= 0.6 is 0 Å². The molecule has 3 N–H and O–H groups in total. The van der Waals surface area contributed by atoms with Gasteiger partial charge < -0.3 is 5.73 Å². The number of anilines is 1. The molecule has 1 aromatic carbocycles. The van der Waals surface area contributed by atoms with E-state index in [9.17, 15) is 21.2 Å². The highest BCUT2D eigenvalue weighted by Gasteiger charge is 2.41. The predicted molar refractivity (Wildman–Crippen MR) is 77.5 cm³/mol. The van der Waals surface area contributed by atoms with Crippen LogP contribution in [0.15, 0.2) is 17.0 Å². The van der Waals surface area contributed by atoms with Crippen molar-refractivity contribution in [3.8, 4) is 0 Å². The molecule has 1 atom stereocenters. The molecular weight excluding hydrogens is 319 g/mol. The molecule has 1 saturated heterocycles. The number of halogens is 1. The van der Waals surface area contributed by atoms with Gasteiger partial charge in [0.1, 0.15) is 10.7 Å². The van der Waals surface area contributed by atoms with Crippen LogP contribution in [0, 0.1) is 12.7 Å². The lowest BCUT2D eigenvalue weighted by Gasteiger charge is -2.23. The molecule has 0 aromatic heterocycles. The van der Waals surface area contributed by atoms with E-state index < -0.39 is 36.1 Å². The smallest absolute Gasteiger partial charge is 0.244 e. The SMILES string of the molecule is Cc1cc(F)c(S(=O)(=O)NC2(C)CCS(=O)(=O)C2)cc1N. The predicted octanol–water partition coefficient (Wildman–Crippen LogP) is 0.572. The summed E-state index contributed by atoms with van der Waals surface area (Å²) in [5, 5.41) is 0. The third-order valence-corrected chi connectivity index (χ3v) is 7.05. The minimum atomic E-state index is -4.19. The largest absolute Gasteiger partial charge is 0.398 e. The molecule has 0 bridgehead atoms. The number of aryl methyl sites for hydroxylation is 1. The standard InChI is InChI=1S/C12H17FN2O4S2/c1-8-5-9(13)11(6-10(8)14)21(18,19)15-12(2)3-4-20(16,17)7-12/h5-6,15H,3-4,7,14H2,1-2H3. The average Bonchev–Trinajstić information content (AvgIpc) is 2.56. The van der Waals surface area contributed by atoms with Crippen molar-refractivity contribution >= 4 is 25.5 Å². The number of nitrogens with two attached hydrogens (primary N) is 1. The van der Waals surface area contributed by atoms with Crippen LogP contribution in [0.1, 0.15) is 18.9 Å². The molecule has 118 valence electrons. The summed E-state index contributed by atoms with van der Waals surface area (Å²) in [7, 11) is -7.47. The number of hydrogen-bond donors (Lipinski definition) is 2. The molecule has 1 aliphatic heterocycles. The van der Waals surface area contributed by atoms with Crippen molar-refractivity contribution in [3.05, 3.63) is 23.5 Å². The van der Waals surface area contributed by atoms with Crippen LogP contribution in [0.4, 0.5) is 10.1 Å². The first kappa shape index (κ1) is 16.2. The minimum Gasteiger partial charge on any atom is -0.398 e. The summed E-state index contributed by atoms with van der Waals surface area (Å²) in [5.41, 5.74) is 5.07. The summed E-state index contributed by atoms with van der Waals surface area (Å²) in [5.74, 6) is -1.31. The first-order valence-electron chi connectivity index (χ1n) is 6.24. The van der Waals surface area contributed by atoms with E-state index >= 15 is 0 Å². The van der Waals surface area contributed by atoms with Gasteiger partial charge >= 0.3 is 0 Å². The fourth-order valence-corrected chi connectivity index (χ4v) is 6.06. The van der Waals surface area contributed by atoms with Gasteiger partial charge in [0.15, 0.2) is 9.84 Å². The maximum Gasteiger partial charge on any atom is 0.244 e. The van der Waals surface area contributed by atoms with Gasteiger partial charge in [0.2, 0.25) is 10.0 Å². The fourth-order valence-electron chi connectivity index (χ4n) is 2.34. The molecular formula is C12H17FN2O4S2. The zero-order valence-corrected chi connectivity index (χ0v) is 13.3. The van der Waals surface area contributed by atoms with Gasteiger partial charge in [0.05, 0.1) is 11.5 Å². The summed E-state index contributed by atoms with van der Waals surface area (Å²) in [4.78, 5) is -0.573. The number of nitrogens with one attached hydrogen (secondary N) is 1. The number of hydrogen-bond acceptors (Lipinski definition) is 5. The monoisotopic (exact) mass is 336 g/mol. The summed E-state index contributed by atoms with van der Waals surface area (Å²) < 4.78 is 63.8. The summed E-state index contributed by atoms with van der Waals surface area (Å²) in [6.07, 6.45) is 0.150. The highest BCUT2D eigenvalue weighted by molar-refractivity contribution is 7.92. The molecule has 1 heterocycles. The molecule has 0 radical (unpaired) electrons. The van der Waals surface area contributed by atoms with Crippen LogP contribution in [0.25, 0.3) is 0 Å². The lowest BCUT2D eigenvalue weighted by atomic mass is 10.0. The highest BCUT2D eigenvalue weighted by atomic mass is 32.2. The van der Waals surface area contributed by atoms with Gasteiger partial charge in [0, 0.05) is 11.2 Å². The second kappa shape index (κ2) is 4.92. The Hall–Kier alpha value is -1.19. The van der Waals surface area contributed by atoms with E-state index in [2.05, 4.69) is 4.72 Å². The van der Waals surface area contributed by atoms with Gasteiger partial charge in [-0.1, -0.05) is 0 Å². The minimum absolute atomic E-state index is 0.0927. The van der Waals surface area contributed by atoms with Crippen molar-refractivity contribution < 1.29 is 21.2 Å². The molecule has 0 saturated carbocycles. The molecule has 2 rings (SSSR count). The quantitative estimate of drug-likeness (QED) is 0.785. The molecule has 6 nitrogen and oxygen atoms in total. The maximum absolute atomic E-state index is 13.9. The second-order valence-electron chi connectivity index (χ2n) is 5.65. The van der Waals surface area contributed by atoms with Crippen LogP contribution in [0.3, 0.4) is 0 Å². The van der Waals surface area contributed by atoms with Crippen LogP contribution < -0.4 is 10.5 Å². The number of nitrogen functional groups attached to an aromatic ring is 1. The van der Waals surface area contributed by atoms with E-state index in [0.29, 0.717) is 5.56 Å². The van der Waals surface area contributed by atoms with E-state index in [1.807, 2.05) is 0 Å². The van der Waals surface area contributed by atoms with Crippen LogP contribution in [-0.2, 0) is 19.9 Å². The zero-order chi connectivity index (χ0) is 16.1. The van der Waals surface area contributed by atoms with Gasteiger partial charge in [-0.15, -0.1) is 0 Å². The molecule has 0 aliphatic carbocycles. The average molecular weight is 336 g/mol. The normalized spacial score (nSPS) is 25.1. The third kappa shape index (κ3) is 3.35. The van der Waals surface area contributed by atoms with Gasteiger partial charge in [-0.05, 0) is 38.0 Å².